The van der Waals surface area contributed by atoms with E-state index in [2.05, 4.69) is 9.37 Å². The zero-order valence-corrected chi connectivity index (χ0v) is 7.54. The standard InChI is InChI=1S/C9H6N2OS/c12-6-10-4-7-2-1-3-8-5-11-13-9(7)8/h1-3,5H,4H2. The Morgan fingerprint density at radius 3 is 3.31 bits per heavy atom. The van der Waals surface area contributed by atoms with Crippen molar-refractivity contribution in [3.05, 3.63) is 30.0 Å². The van der Waals surface area contributed by atoms with Gasteiger partial charge in [-0.3, -0.25) is 0 Å². The summed E-state index contributed by atoms with van der Waals surface area (Å²) >= 11 is 1.42. The molecule has 0 aliphatic carbocycles. The van der Waals surface area contributed by atoms with Gasteiger partial charge in [0, 0.05) is 11.6 Å². The minimum atomic E-state index is 0.392. The molecule has 64 valence electrons. The van der Waals surface area contributed by atoms with E-state index in [4.69, 9.17) is 0 Å². The molecule has 2 rings (SSSR count). The summed E-state index contributed by atoms with van der Waals surface area (Å²) in [5.41, 5.74) is 1.03. The highest BCUT2D eigenvalue weighted by atomic mass is 32.1. The third kappa shape index (κ3) is 1.49. The fourth-order valence-corrected chi connectivity index (χ4v) is 1.94. The Labute approximate surface area is 78.9 Å². The van der Waals surface area contributed by atoms with E-state index < -0.39 is 0 Å². The number of fused-ring (bicyclic) bond motifs is 1. The van der Waals surface area contributed by atoms with Crippen LogP contribution in [0.3, 0.4) is 0 Å². The second kappa shape index (κ2) is 3.47. The van der Waals surface area contributed by atoms with Crippen LogP contribution in [-0.2, 0) is 11.3 Å². The van der Waals surface area contributed by atoms with E-state index in [9.17, 15) is 4.79 Å². The molecular formula is C9H6N2OS. The van der Waals surface area contributed by atoms with Crippen LogP contribution in [0.5, 0.6) is 0 Å². The SMILES string of the molecule is O=C=NCc1cccc2cnsc12. The van der Waals surface area contributed by atoms with Crippen molar-refractivity contribution in [1.82, 2.24) is 4.37 Å². The normalized spacial score (nSPS) is 9.85. The van der Waals surface area contributed by atoms with Crippen LogP contribution < -0.4 is 0 Å². The largest absolute Gasteiger partial charge is 0.235 e. The lowest BCUT2D eigenvalue weighted by atomic mass is 10.2. The Morgan fingerprint density at radius 1 is 1.54 bits per heavy atom. The zero-order chi connectivity index (χ0) is 9.10. The quantitative estimate of drug-likeness (QED) is 0.537. The lowest BCUT2D eigenvalue weighted by molar-refractivity contribution is 0.563. The molecule has 0 unspecified atom stereocenters. The summed E-state index contributed by atoms with van der Waals surface area (Å²) in [6.07, 6.45) is 3.35. The number of rotatable bonds is 2. The van der Waals surface area contributed by atoms with Crippen LogP contribution in [0.1, 0.15) is 5.56 Å². The van der Waals surface area contributed by atoms with E-state index in [1.165, 1.54) is 17.6 Å². The lowest BCUT2D eigenvalue weighted by Gasteiger charge is -1.95. The molecule has 0 spiro atoms. The fraction of sp³-hybridized carbons (Fsp3) is 0.111. The number of nitrogens with zero attached hydrogens (tertiary/aromatic N) is 2. The zero-order valence-electron chi connectivity index (χ0n) is 6.73. The van der Waals surface area contributed by atoms with Crippen molar-refractivity contribution in [2.45, 2.75) is 6.54 Å². The monoisotopic (exact) mass is 190 g/mol. The van der Waals surface area contributed by atoms with Crippen molar-refractivity contribution in [3.63, 3.8) is 0 Å². The number of isocyanates is 1. The van der Waals surface area contributed by atoms with Gasteiger partial charge in [-0.15, -0.1) is 0 Å². The minimum absolute atomic E-state index is 0.392. The average molecular weight is 190 g/mol. The van der Waals surface area contributed by atoms with Crippen molar-refractivity contribution >= 4 is 27.7 Å². The molecule has 4 heteroatoms. The molecule has 0 fully saturated rings. The van der Waals surface area contributed by atoms with Crippen LogP contribution in [0.4, 0.5) is 0 Å². The van der Waals surface area contributed by atoms with Crippen LogP contribution in [0.2, 0.25) is 0 Å². The van der Waals surface area contributed by atoms with Crippen molar-refractivity contribution in [2.75, 3.05) is 0 Å². The third-order valence-corrected chi connectivity index (χ3v) is 2.67. The number of carbonyl (C=O) groups excluding carboxylic acids is 1. The van der Waals surface area contributed by atoms with Crippen molar-refractivity contribution in [2.24, 2.45) is 4.99 Å². The maximum absolute atomic E-state index is 9.95. The Hall–Kier alpha value is -1.51. The maximum atomic E-state index is 9.95. The first kappa shape index (κ1) is 8.10. The van der Waals surface area contributed by atoms with Crippen LogP contribution in [-0.4, -0.2) is 10.5 Å². The average Bonchev–Trinajstić information content (AvgIpc) is 2.62. The Bertz CT molecular complexity index is 471. The molecular weight excluding hydrogens is 184 g/mol. The second-order valence-electron chi connectivity index (χ2n) is 2.57. The third-order valence-electron chi connectivity index (χ3n) is 1.78. The molecule has 0 atom stereocenters. The second-order valence-corrected chi connectivity index (χ2v) is 3.37. The molecule has 0 saturated heterocycles. The van der Waals surface area contributed by atoms with E-state index in [-0.39, 0.29) is 0 Å². The van der Waals surface area contributed by atoms with Gasteiger partial charge in [0.15, 0.2) is 0 Å². The number of benzene rings is 1. The van der Waals surface area contributed by atoms with Crippen LogP contribution >= 0.6 is 11.5 Å². The summed E-state index contributed by atoms with van der Waals surface area (Å²) < 4.78 is 5.17. The Kier molecular flexibility index (Phi) is 2.17. The summed E-state index contributed by atoms with van der Waals surface area (Å²) in [5, 5.41) is 1.10. The summed E-state index contributed by atoms with van der Waals surface area (Å²) in [6, 6.07) is 5.88. The maximum Gasteiger partial charge on any atom is 0.235 e. The van der Waals surface area contributed by atoms with Crippen molar-refractivity contribution in [3.8, 4) is 0 Å². The molecule has 2 aromatic rings. The molecule has 1 aromatic carbocycles. The summed E-state index contributed by atoms with van der Waals surface area (Å²) in [6.45, 7) is 0.392. The fourth-order valence-electron chi connectivity index (χ4n) is 1.20. The van der Waals surface area contributed by atoms with Gasteiger partial charge in [-0.05, 0) is 17.1 Å². The molecule has 0 saturated carbocycles. The molecule has 0 bridgehead atoms. The summed E-state index contributed by atoms with van der Waals surface area (Å²) in [5.74, 6) is 0. The predicted molar refractivity (Wildman–Crippen MR) is 51.4 cm³/mol. The number of hydrogen-bond acceptors (Lipinski definition) is 4. The van der Waals surface area contributed by atoms with Gasteiger partial charge in [0.05, 0.1) is 11.2 Å². The molecule has 13 heavy (non-hydrogen) atoms. The van der Waals surface area contributed by atoms with Gasteiger partial charge in [-0.1, -0.05) is 18.2 Å². The molecule has 3 nitrogen and oxygen atoms in total. The molecule has 0 N–H and O–H groups in total. The molecule has 0 amide bonds. The molecule has 0 aliphatic heterocycles. The number of aromatic nitrogens is 1. The van der Waals surface area contributed by atoms with Crippen molar-refractivity contribution in [1.29, 1.82) is 0 Å². The first-order chi connectivity index (χ1) is 6.42. The predicted octanol–water partition coefficient (Wildman–Crippen LogP) is 2.13. The van der Waals surface area contributed by atoms with E-state index in [1.54, 1.807) is 0 Å². The highest BCUT2D eigenvalue weighted by molar-refractivity contribution is 7.13. The Balaban J connectivity index is 2.54. The van der Waals surface area contributed by atoms with Gasteiger partial charge in [-0.2, -0.15) is 4.37 Å². The number of hydrogen-bond donors (Lipinski definition) is 0. The highest BCUT2D eigenvalue weighted by Gasteiger charge is 2.01. The topological polar surface area (TPSA) is 42.3 Å². The van der Waals surface area contributed by atoms with Gasteiger partial charge in [0.25, 0.3) is 0 Å². The Morgan fingerprint density at radius 2 is 2.46 bits per heavy atom. The summed E-state index contributed by atoms with van der Waals surface area (Å²) in [7, 11) is 0. The molecule has 1 heterocycles. The smallest absolute Gasteiger partial charge is 0.211 e. The van der Waals surface area contributed by atoms with Crippen LogP contribution in [0.15, 0.2) is 29.4 Å². The van der Waals surface area contributed by atoms with Gasteiger partial charge in [0.1, 0.15) is 0 Å². The van der Waals surface area contributed by atoms with Gasteiger partial charge in [-0.25, -0.2) is 9.79 Å². The van der Waals surface area contributed by atoms with Crippen molar-refractivity contribution < 1.29 is 4.79 Å². The highest BCUT2D eigenvalue weighted by Crippen LogP contribution is 2.22. The van der Waals surface area contributed by atoms with E-state index >= 15 is 0 Å². The van der Waals surface area contributed by atoms with Gasteiger partial charge >= 0.3 is 0 Å². The lowest BCUT2D eigenvalue weighted by Crippen LogP contribution is -1.79. The van der Waals surface area contributed by atoms with Crippen LogP contribution in [0.25, 0.3) is 10.1 Å². The molecule has 0 aliphatic rings. The van der Waals surface area contributed by atoms with Crippen LogP contribution in [0, 0.1) is 0 Å². The minimum Gasteiger partial charge on any atom is -0.211 e. The first-order valence-electron chi connectivity index (χ1n) is 3.78. The molecule has 0 radical (unpaired) electrons. The van der Waals surface area contributed by atoms with E-state index in [1.807, 2.05) is 24.4 Å². The number of aliphatic imine (C=N–C) groups is 1. The van der Waals surface area contributed by atoms with Gasteiger partial charge < -0.3 is 0 Å². The van der Waals surface area contributed by atoms with Gasteiger partial charge in [0.2, 0.25) is 6.08 Å². The van der Waals surface area contributed by atoms with E-state index in [0.717, 1.165) is 15.6 Å². The summed E-state index contributed by atoms with van der Waals surface area (Å²) in [4.78, 5) is 13.5. The molecule has 1 aromatic heterocycles. The van der Waals surface area contributed by atoms with E-state index in [0.29, 0.717) is 6.54 Å². The first-order valence-corrected chi connectivity index (χ1v) is 4.55.